The number of hydrogen-bond donors (Lipinski definition) is 0. The van der Waals surface area contributed by atoms with Gasteiger partial charge in [-0.25, -0.2) is 14.3 Å². The van der Waals surface area contributed by atoms with Crippen molar-refractivity contribution in [2.24, 2.45) is 0 Å². The second kappa shape index (κ2) is 7.37. The summed E-state index contributed by atoms with van der Waals surface area (Å²) in [5.41, 5.74) is 1.52. The summed E-state index contributed by atoms with van der Waals surface area (Å²) in [6.45, 7) is 0.409. The van der Waals surface area contributed by atoms with Crippen molar-refractivity contribution < 1.29 is 0 Å². The molecule has 0 amide bonds. The molecule has 0 aliphatic carbocycles. The van der Waals surface area contributed by atoms with Crippen molar-refractivity contribution >= 4 is 11.2 Å². The van der Waals surface area contributed by atoms with Gasteiger partial charge in [0, 0.05) is 6.54 Å². The molecule has 0 radical (unpaired) electrons. The smallest absolute Gasteiger partial charge is 0.320 e. The molecule has 7 nitrogen and oxygen atoms in total. The number of aromatic nitrogens is 4. The van der Waals surface area contributed by atoms with Gasteiger partial charge in [0.1, 0.15) is 6.54 Å². The molecule has 0 spiro atoms. The van der Waals surface area contributed by atoms with Gasteiger partial charge < -0.3 is 4.57 Å². The molecule has 7 heteroatoms. The van der Waals surface area contributed by atoms with E-state index in [-0.39, 0.29) is 13.1 Å². The summed E-state index contributed by atoms with van der Waals surface area (Å²) in [5.74, 6) is 0. The van der Waals surface area contributed by atoms with Gasteiger partial charge in [-0.3, -0.25) is 9.36 Å². The Hall–Kier alpha value is -3.92. The molecule has 138 valence electrons. The van der Waals surface area contributed by atoms with Gasteiger partial charge in [-0.15, -0.1) is 0 Å². The molecule has 0 fully saturated rings. The number of benzene rings is 2. The van der Waals surface area contributed by atoms with E-state index in [2.05, 4.69) is 4.98 Å². The lowest BCUT2D eigenvalue weighted by Gasteiger charge is -2.11. The van der Waals surface area contributed by atoms with E-state index in [1.807, 2.05) is 66.7 Å². The van der Waals surface area contributed by atoms with E-state index in [4.69, 9.17) is 5.26 Å². The molecule has 2 aromatic heterocycles. The number of nitriles is 1. The first-order valence-corrected chi connectivity index (χ1v) is 8.82. The van der Waals surface area contributed by atoms with Crippen LogP contribution in [-0.2, 0) is 19.6 Å². The zero-order valence-electron chi connectivity index (χ0n) is 15.0. The Morgan fingerprint density at radius 3 is 2.07 bits per heavy atom. The quantitative estimate of drug-likeness (QED) is 0.537. The van der Waals surface area contributed by atoms with E-state index in [1.165, 1.54) is 4.57 Å². The fraction of sp³-hybridized carbons (Fsp3) is 0.143. The maximum absolute atomic E-state index is 13.0. The van der Waals surface area contributed by atoms with Gasteiger partial charge >= 0.3 is 5.69 Å². The summed E-state index contributed by atoms with van der Waals surface area (Å²) in [5, 5.41) is 9.10. The topological polar surface area (TPSA) is 85.6 Å². The Morgan fingerprint density at radius 1 is 0.857 bits per heavy atom. The van der Waals surface area contributed by atoms with E-state index in [9.17, 15) is 9.59 Å². The molecule has 0 bridgehead atoms. The summed E-state index contributed by atoms with van der Waals surface area (Å²) >= 11 is 0. The third-order valence-electron chi connectivity index (χ3n) is 4.59. The van der Waals surface area contributed by atoms with Crippen LogP contribution in [0.15, 0.2) is 76.6 Å². The second-order valence-electron chi connectivity index (χ2n) is 6.43. The van der Waals surface area contributed by atoms with Crippen molar-refractivity contribution in [3.8, 4) is 6.07 Å². The van der Waals surface area contributed by atoms with E-state index in [1.54, 1.807) is 10.9 Å². The van der Waals surface area contributed by atoms with Crippen LogP contribution >= 0.6 is 0 Å². The van der Waals surface area contributed by atoms with Gasteiger partial charge in [0.15, 0.2) is 11.2 Å². The number of fused-ring (bicyclic) bond motifs is 1. The van der Waals surface area contributed by atoms with E-state index < -0.39 is 11.2 Å². The zero-order valence-corrected chi connectivity index (χ0v) is 15.0. The predicted molar refractivity (Wildman–Crippen MR) is 105 cm³/mol. The molecule has 0 aliphatic rings. The summed E-state index contributed by atoms with van der Waals surface area (Å²) in [6.07, 6.45) is 1.57. The second-order valence-corrected chi connectivity index (χ2v) is 6.43. The van der Waals surface area contributed by atoms with Crippen molar-refractivity contribution in [1.82, 2.24) is 18.7 Å². The SMILES string of the molecule is N#CCn1c(=O)c2c(ncn2Cc2ccccc2)n(Cc2ccccc2)c1=O. The van der Waals surface area contributed by atoms with Crippen molar-refractivity contribution in [3.05, 3.63) is 99.0 Å². The molecule has 0 saturated heterocycles. The van der Waals surface area contributed by atoms with Crippen LogP contribution in [0.1, 0.15) is 11.1 Å². The van der Waals surface area contributed by atoms with Crippen LogP contribution in [0.4, 0.5) is 0 Å². The molecular formula is C21H17N5O2. The van der Waals surface area contributed by atoms with Gasteiger partial charge in [0.05, 0.1) is 18.9 Å². The summed E-state index contributed by atoms with van der Waals surface area (Å²) < 4.78 is 4.14. The highest BCUT2D eigenvalue weighted by Gasteiger charge is 2.18. The number of rotatable bonds is 5. The first kappa shape index (κ1) is 17.5. The lowest BCUT2D eigenvalue weighted by molar-refractivity contribution is 0.640. The minimum Gasteiger partial charge on any atom is -0.320 e. The highest BCUT2D eigenvalue weighted by atomic mass is 16.2. The number of imidazole rings is 1. The minimum absolute atomic E-state index is 0.268. The Bertz CT molecular complexity index is 1280. The molecule has 2 aromatic carbocycles. The lowest BCUT2D eigenvalue weighted by atomic mass is 10.2. The van der Waals surface area contributed by atoms with Gasteiger partial charge in [-0.2, -0.15) is 5.26 Å². The van der Waals surface area contributed by atoms with Crippen LogP contribution < -0.4 is 11.2 Å². The maximum Gasteiger partial charge on any atom is 0.333 e. The molecule has 0 saturated carbocycles. The average molecular weight is 371 g/mol. The largest absolute Gasteiger partial charge is 0.333 e. The average Bonchev–Trinajstić information content (AvgIpc) is 3.13. The van der Waals surface area contributed by atoms with Crippen molar-refractivity contribution in [2.75, 3.05) is 0 Å². The Labute approximate surface area is 160 Å². The summed E-state index contributed by atoms with van der Waals surface area (Å²) in [7, 11) is 0. The van der Waals surface area contributed by atoms with E-state index in [0.29, 0.717) is 17.7 Å². The van der Waals surface area contributed by atoms with Crippen LogP contribution in [-0.4, -0.2) is 18.7 Å². The summed E-state index contributed by atoms with van der Waals surface area (Å²) in [6, 6.07) is 21.1. The molecular weight excluding hydrogens is 354 g/mol. The van der Waals surface area contributed by atoms with Gasteiger partial charge in [-0.1, -0.05) is 60.7 Å². The van der Waals surface area contributed by atoms with E-state index >= 15 is 0 Å². The van der Waals surface area contributed by atoms with Crippen LogP contribution in [0.3, 0.4) is 0 Å². The van der Waals surface area contributed by atoms with Gasteiger partial charge in [0.2, 0.25) is 0 Å². The van der Waals surface area contributed by atoms with Crippen LogP contribution in [0.25, 0.3) is 11.2 Å². The Balaban J connectivity index is 1.92. The molecule has 0 aliphatic heterocycles. The third kappa shape index (κ3) is 3.12. The Kier molecular flexibility index (Phi) is 4.60. The number of nitrogens with zero attached hydrogens (tertiary/aromatic N) is 5. The monoisotopic (exact) mass is 371 g/mol. The summed E-state index contributed by atoms with van der Waals surface area (Å²) in [4.78, 5) is 30.2. The molecule has 0 unspecified atom stereocenters. The van der Waals surface area contributed by atoms with Crippen LogP contribution in [0, 0.1) is 11.3 Å². The highest BCUT2D eigenvalue weighted by Crippen LogP contribution is 2.12. The molecule has 2 heterocycles. The number of hydrogen-bond acceptors (Lipinski definition) is 4. The molecule has 0 N–H and O–H groups in total. The highest BCUT2D eigenvalue weighted by molar-refractivity contribution is 5.70. The third-order valence-corrected chi connectivity index (χ3v) is 4.59. The molecule has 4 aromatic rings. The van der Waals surface area contributed by atoms with Crippen molar-refractivity contribution in [1.29, 1.82) is 5.26 Å². The molecule has 0 atom stereocenters. The fourth-order valence-corrected chi connectivity index (χ4v) is 3.26. The first-order valence-electron chi connectivity index (χ1n) is 8.82. The zero-order chi connectivity index (χ0) is 19.5. The standard InChI is InChI=1S/C21H17N5O2/c22-11-12-25-20(27)18-19(23-15-24(18)13-16-7-3-1-4-8-16)26(21(25)28)14-17-9-5-2-6-10-17/h1-10,15H,12-14H2. The van der Waals surface area contributed by atoms with Gasteiger partial charge in [-0.05, 0) is 11.1 Å². The minimum atomic E-state index is -0.534. The molecule has 28 heavy (non-hydrogen) atoms. The normalized spacial score (nSPS) is 10.8. The predicted octanol–water partition coefficient (Wildman–Crippen LogP) is 1.98. The first-order chi connectivity index (χ1) is 13.7. The Morgan fingerprint density at radius 2 is 1.46 bits per heavy atom. The van der Waals surface area contributed by atoms with Gasteiger partial charge in [0.25, 0.3) is 5.56 Å². The van der Waals surface area contributed by atoms with Crippen LogP contribution in [0.5, 0.6) is 0 Å². The molecule has 4 rings (SSSR count). The van der Waals surface area contributed by atoms with Crippen molar-refractivity contribution in [3.63, 3.8) is 0 Å². The van der Waals surface area contributed by atoms with E-state index in [0.717, 1.165) is 15.7 Å². The fourth-order valence-electron chi connectivity index (χ4n) is 3.26. The van der Waals surface area contributed by atoms with Crippen LogP contribution in [0.2, 0.25) is 0 Å². The maximum atomic E-state index is 13.0. The van der Waals surface area contributed by atoms with Crippen molar-refractivity contribution in [2.45, 2.75) is 19.6 Å². The lowest BCUT2D eigenvalue weighted by Crippen LogP contribution is -2.40.